The average Bonchev–Trinajstić information content (AvgIpc) is 1.85. The molecule has 0 aromatic heterocycles. The Morgan fingerprint density at radius 2 is 2.30 bits per heavy atom. The van der Waals surface area contributed by atoms with Gasteiger partial charge in [-0.15, -0.1) is 0 Å². The molecule has 4 nitrogen and oxygen atoms in total. The molecule has 1 atom stereocenters. The van der Waals surface area contributed by atoms with Crippen molar-refractivity contribution in [1.29, 1.82) is 0 Å². The van der Waals surface area contributed by atoms with E-state index in [2.05, 4.69) is 0 Å². The van der Waals surface area contributed by atoms with E-state index in [4.69, 9.17) is 10.2 Å². The first-order valence-electron chi connectivity index (χ1n) is 2.74. The van der Waals surface area contributed by atoms with Crippen LogP contribution < -0.4 is 5.32 Å². The molecule has 1 amide bonds. The van der Waals surface area contributed by atoms with Gasteiger partial charge in [0.1, 0.15) is 5.67 Å². The summed E-state index contributed by atoms with van der Waals surface area (Å²) in [6, 6.07) is 0. The molecule has 0 bridgehead atoms. The maximum atomic E-state index is 12.6. The van der Waals surface area contributed by atoms with Gasteiger partial charge in [-0.3, -0.25) is 0 Å². The van der Waals surface area contributed by atoms with Gasteiger partial charge in [0.25, 0.3) is 0 Å². The van der Waals surface area contributed by atoms with E-state index in [1.807, 2.05) is 5.32 Å². The summed E-state index contributed by atoms with van der Waals surface area (Å²) in [5, 5.41) is 18.1. The minimum absolute atomic E-state index is 0.390. The first kappa shape index (κ1) is 9.16. The van der Waals surface area contributed by atoms with Gasteiger partial charge >= 0.3 is 6.09 Å². The second-order valence-electron chi connectivity index (χ2n) is 2.23. The molecule has 0 aromatic rings. The lowest BCUT2D eigenvalue weighted by Crippen LogP contribution is -2.39. The van der Waals surface area contributed by atoms with Crippen LogP contribution in [0.5, 0.6) is 0 Å². The second kappa shape index (κ2) is 3.36. The number of halogens is 1. The lowest BCUT2D eigenvalue weighted by molar-refractivity contribution is 0.0861. The summed E-state index contributed by atoms with van der Waals surface area (Å²) >= 11 is 0. The molecule has 0 saturated carbocycles. The molecular formula is C5H10FNO3. The van der Waals surface area contributed by atoms with Gasteiger partial charge in [-0.05, 0) is 6.92 Å². The van der Waals surface area contributed by atoms with Crippen molar-refractivity contribution in [3.63, 3.8) is 0 Å². The number of rotatable bonds is 3. The molecule has 5 heteroatoms. The second-order valence-corrected chi connectivity index (χ2v) is 2.23. The Kier molecular flexibility index (Phi) is 3.08. The highest BCUT2D eigenvalue weighted by atomic mass is 19.1. The van der Waals surface area contributed by atoms with E-state index in [9.17, 15) is 9.18 Å². The molecule has 0 aliphatic rings. The van der Waals surface area contributed by atoms with Crippen LogP contribution >= 0.6 is 0 Å². The smallest absolute Gasteiger partial charge is 0.404 e. The molecule has 1 unspecified atom stereocenters. The SMILES string of the molecule is CC(F)(CO)CNC(=O)O. The molecule has 0 rings (SSSR count). The zero-order valence-electron chi connectivity index (χ0n) is 5.59. The number of hydrogen-bond donors (Lipinski definition) is 3. The predicted molar refractivity (Wildman–Crippen MR) is 32.6 cm³/mol. The summed E-state index contributed by atoms with van der Waals surface area (Å²) in [6.45, 7) is 0.0368. The number of carbonyl (C=O) groups is 1. The third-order valence-corrected chi connectivity index (χ3v) is 0.938. The molecule has 0 heterocycles. The highest BCUT2D eigenvalue weighted by Crippen LogP contribution is 2.05. The Hall–Kier alpha value is -0.840. The molecular weight excluding hydrogens is 141 g/mol. The highest BCUT2D eigenvalue weighted by Gasteiger charge is 2.22. The zero-order chi connectivity index (χ0) is 8.20. The molecule has 0 saturated heterocycles. The van der Waals surface area contributed by atoms with E-state index < -0.39 is 24.9 Å². The van der Waals surface area contributed by atoms with Crippen molar-refractivity contribution in [3.8, 4) is 0 Å². The fourth-order valence-electron chi connectivity index (χ4n) is 0.316. The Morgan fingerprint density at radius 1 is 1.80 bits per heavy atom. The van der Waals surface area contributed by atoms with Crippen LogP contribution in [-0.2, 0) is 0 Å². The summed E-state index contributed by atoms with van der Waals surface area (Å²) < 4.78 is 12.6. The maximum absolute atomic E-state index is 12.6. The number of amides is 1. The molecule has 0 radical (unpaired) electrons. The largest absolute Gasteiger partial charge is 0.465 e. The van der Waals surface area contributed by atoms with Gasteiger partial charge in [0.15, 0.2) is 0 Å². The van der Waals surface area contributed by atoms with Crippen molar-refractivity contribution < 1.29 is 19.4 Å². The van der Waals surface area contributed by atoms with Crippen LogP contribution in [0.25, 0.3) is 0 Å². The van der Waals surface area contributed by atoms with Crippen LogP contribution in [0, 0.1) is 0 Å². The van der Waals surface area contributed by atoms with Crippen molar-refractivity contribution >= 4 is 6.09 Å². The standard InChI is InChI=1S/C5H10FNO3/c1-5(6,3-8)2-7-4(9)10/h7-8H,2-3H2,1H3,(H,9,10). The zero-order valence-corrected chi connectivity index (χ0v) is 5.59. The van der Waals surface area contributed by atoms with Crippen molar-refractivity contribution in [2.75, 3.05) is 13.2 Å². The lowest BCUT2D eigenvalue weighted by Gasteiger charge is -2.15. The third kappa shape index (κ3) is 4.08. The Morgan fingerprint density at radius 3 is 2.60 bits per heavy atom. The predicted octanol–water partition coefficient (Wildman–Crippen LogP) is -0.0255. The first-order valence-corrected chi connectivity index (χ1v) is 2.74. The molecule has 0 aromatic carbocycles. The molecule has 60 valence electrons. The minimum Gasteiger partial charge on any atom is -0.465 e. The molecule has 0 spiro atoms. The lowest BCUT2D eigenvalue weighted by atomic mass is 10.1. The minimum atomic E-state index is -1.86. The van der Waals surface area contributed by atoms with Crippen molar-refractivity contribution in [2.24, 2.45) is 0 Å². The number of carboxylic acid groups (broad SMARTS) is 1. The van der Waals surface area contributed by atoms with Crippen molar-refractivity contribution in [1.82, 2.24) is 5.32 Å². The topological polar surface area (TPSA) is 69.6 Å². The van der Waals surface area contributed by atoms with E-state index in [1.165, 1.54) is 0 Å². The fourth-order valence-corrected chi connectivity index (χ4v) is 0.316. The number of nitrogens with one attached hydrogen (secondary N) is 1. The maximum Gasteiger partial charge on any atom is 0.404 e. The highest BCUT2D eigenvalue weighted by molar-refractivity contribution is 5.64. The molecule has 0 aliphatic heterocycles. The quantitative estimate of drug-likeness (QED) is 0.530. The number of hydrogen-bond acceptors (Lipinski definition) is 2. The van der Waals surface area contributed by atoms with E-state index in [1.54, 1.807) is 0 Å². The summed E-state index contributed by atoms with van der Waals surface area (Å²) in [5.41, 5.74) is -1.86. The van der Waals surface area contributed by atoms with Gasteiger partial charge in [0.05, 0.1) is 13.2 Å². The average molecular weight is 151 g/mol. The number of aliphatic hydroxyl groups is 1. The molecule has 3 N–H and O–H groups in total. The van der Waals surface area contributed by atoms with Gasteiger partial charge in [-0.25, -0.2) is 9.18 Å². The van der Waals surface area contributed by atoms with Crippen molar-refractivity contribution in [2.45, 2.75) is 12.6 Å². The molecule has 0 fully saturated rings. The van der Waals surface area contributed by atoms with Gasteiger partial charge in [0.2, 0.25) is 0 Å². The summed E-state index contributed by atoms with van der Waals surface area (Å²) in [4.78, 5) is 9.80. The van der Waals surface area contributed by atoms with E-state index in [0.29, 0.717) is 0 Å². The van der Waals surface area contributed by atoms with Crippen LogP contribution in [0.3, 0.4) is 0 Å². The number of alkyl halides is 1. The Labute approximate surface area is 57.7 Å². The van der Waals surface area contributed by atoms with E-state index in [0.717, 1.165) is 6.92 Å². The number of aliphatic hydroxyl groups excluding tert-OH is 1. The summed E-state index contributed by atoms with van der Waals surface area (Å²) in [7, 11) is 0. The Balaban J connectivity index is 3.56. The first-order chi connectivity index (χ1) is 4.48. The van der Waals surface area contributed by atoms with E-state index >= 15 is 0 Å². The monoisotopic (exact) mass is 151 g/mol. The van der Waals surface area contributed by atoms with Crippen molar-refractivity contribution in [3.05, 3.63) is 0 Å². The summed E-state index contributed by atoms with van der Waals surface area (Å²) in [5.74, 6) is 0. The van der Waals surface area contributed by atoms with Crippen LogP contribution in [-0.4, -0.2) is 35.1 Å². The van der Waals surface area contributed by atoms with Gasteiger partial charge in [-0.2, -0.15) is 0 Å². The van der Waals surface area contributed by atoms with E-state index in [-0.39, 0.29) is 0 Å². The fraction of sp³-hybridized carbons (Fsp3) is 0.800. The Bertz CT molecular complexity index is 126. The van der Waals surface area contributed by atoms with Gasteiger partial charge in [-0.1, -0.05) is 0 Å². The third-order valence-electron chi connectivity index (χ3n) is 0.938. The van der Waals surface area contributed by atoms with Gasteiger partial charge < -0.3 is 15.5 Å². The van der Waals surface area contributed by atoms with Crippen LogP contribution in [0.4, 0.5) is 9.18 Å². The molecule has 10 heavy (non-hydrogen) atoms. The van der Waals surface area contributed by atoms with Crippen LogP contribution in [0.2, 0.25) is 0 Å². The van der Waals surface area contributed by atoms with Crippen LogP contribution in [0.1, 0.15) is 6.92 Å². The normalized spacial score (nSPS) is 15.9. The molecule has 0 aliphatic carbocycles. The van der Waals surface area contributed by atoms with Gasteiger partial charge in [0, 0.05) is 0 Å². The summed E-state index contributed by atoms with van der Waals surface area (Å²) in [6.07, 6.45) is -1.29. The van der Waals surface area contributed by atoms with Crippen LogP contribution in [0.15, 0.2) is 0 Å².